The number of methoxy groups -OCH3 is 1. The molecule has 5 nitrogen and oxygen atoms in total. The van der Waals surface area contributed by atoms with E-state index < -0.39 is 17.7 Å². The molecule has 0 aliphatic rings. The fourth-order valence-electron chi connectivity index (χ4n) is 1.51. The molecule has 1 amide bonds. The lowest BCUT2D eigenvalue weighted by Gasteiger charge is -2.19. The molecule has 0 spiro atoms. The molecule has 0 saturated heterocycles. The summed E-state index contributed by atoms with van der Waals surface area (Å²) in [7, 11) is 1.24. The van der Waals surface area contributed by atoms with E-state index in [1.165, 1.54) is 19.2 Å². The van der Waals surface area contributed by atoms with Gasteiger partial charge in [-0.1, -0.05) is 23.2 Å². The molecule has 0 aromatic heterocycles. The maximum absolute atomic E-state index is 11.5. The molecule has 0 saturated carbocycles. The van der Waals surface area contributed by atoms with E-state index in [0.29, 0.717) is 5.56 Å². The summed E-state index contributed by atoms with van der Waals surface area (Å²) in [6, 6.07) is 3.08. The van der Waals surface area contributed by atoms with Crippen molar-refractivity contribution < 1.29 is 19.1 Å². The van der Waals surface area contributed by atoms with Gasteiger partial charge in [0.05, 0.1) is 22.7 Å². The van der Waals surface area contributed by atoms with Crippen molar-refractivity contribution in [2.24, 2.45) is 0 Å². The van der Waals surface area contributed by atoms with Crippen LogP contribution in [0.15, 0.2) is 12.1 Å². The van der Waals surface area contributed by atoms with E-state index in [1.807, 2.05) is 0 Å². The van der Waals surface area contributed by atoms with Gasteiger partial charge in [-0.05, 0) is 38.5 Å². The van der Waals surface area contributed by atoms with Crippen LogP contribution >= 0.6 is 23.2 Å². The van der Waals surface area contributed by atoms with Crippen LogP contribution in [0.25, 0.3) is 0 Å². The second-order valence-electron chi connectivity index (χ2n) is 5.28. The van der Waals surface area contributed by atoms with Gasteiger partial charge in [-0.2, -0.15) is 0 Å². The van der Waals surface area contributed by atoms with Gasteiger partial charge < -0.3 is 14.8 Å². The minimum absolute atomic E-state index is 0.0989. The summed E-state index contributed by atoms with van der Waals surface area (Å²) in [5, 5.41) is 2.90. The average molecular weight is 334 g/mol. The van der Waals surface area contributed by atoms with E-state index in [4.69, 9.17) is 27.9 Å². The van der Waals surface area contributed by atoms with Gasteiger partial charge in [-0.15, -0.1) is 0 Å². The van der Waals surface area contributed by atoms with Crippen molar-refractivity contribution >= 4 is 35.3 Å². The molecule has 7 heteroatoms. The van der Waals surface area contributed by atoms with E-state index in [1.54, 1.807) is 20.8 Å². The smallest absolute Gasteiger partial charge is 0.407 e. The Morgan fingerprint density at radius 2 is 1.71 bits per heavy atom. The summed E-state index contributed by atoms with van der Waals surface area (Å²) >= 11 is 12.0. The molecule has 0 heterocycles. The third-order valence-corrected chi connectivity index (χ3v) is 2.92. The minimum Gasteiger partial charge on any atom is -0.465 e. The molecule has 0 aliphatic carbocycles. The van der Waals surface area contributed by atoms with Crippen LogP contribution in [-0.2, 0) is 16.0 Å². The number of rotatable bonds is 3. The molecule has 116 valence electrons. The number of ether oxygens (including phenoxy) is 2. The lowest BCUT2D eigenvalue weighted by atomic mass is 10.1. The maximum Gasteiger partial charge on any atom is 0.407 e. The predicted molar refractivity (Wildman–Crippen MR) is 80.9 cm³/mol. The molecule has 0 unspecified atom stereocenters. The Bertz CT molecular complexity index is 529. The van der Waals surface area contributed by atoms with Crippen molar-refractivity contribution in [2.45, 2.75) is 32.9 Å². The number of carbonyl (C=O) groups is 2. The zero-order valence-corrected chi connectivity index (χ0v) is 13.8. The van der Waals surface area contributed by atoms with Crippen molar-refractivity contribution in [3.8, 4) is 0 Å². The van der Waals surface area contributed by atoms with Crippen LogP contribution in [0.4, 0.5) is 4.79 Å². The molecule has 0 aliphatic heterocycles. The van der Waals surface area contributed by atoms with Crippen LogP contribution in [-0.4, -0.2) is 24.8 Å². The Balaban J connectivity index is 2.79. The lowest BCUT2D eigenvalue weighted by Crippen LogP contribution is -2.32. The molecular formula is C14H17Cl2NO4. The number of amides is 1. The largest absolute Gasteiger partial charge is 0.465 e. The zero-order valence-electron chi connectivity index (χ0n) is 12.3. The fourth-order valence-corrected chi connectivity index (χ4v) is 2.20. The highest BCUT2D eigenvalue weighted by atomic mass is 35.5. The number of hydrogen-bond donors (Lipinski definition) is 1. The van der Waals surface area contributed by atoms with E-state index in [9.17, 15) is 9.59 Å². The monoisotopic (exact) mass is 333 g/mol. The van der Waals surface area contributed by atoms with Gasteiger partial charge in [0.25, 0.3) is 0 Å². The van der Waals surface area contributed by atoms with Gasteiger partial charge in [0.15, 0.2) is 0 Å². The minimum atomic E-state index is -0.614. The third kappa shape index (κ3) is 5.44. The van der Waals surface area contributed by atoms with E-state index in [0.717, 1.165) is 0 Å². The first-order valence-electron chi connectivity index (χ1n) is 6.17. The fraction of sp³-hybridized carbons (Fsp3) is 0.429. The molecular weight excluding hydrogens is 317 g/mol. The first-order chi connectivity index (χ1) is 9.64. The number of alkyl carbamates (subject to hydrolysis) is 1. The lowest BCUT2D eigenvalue weighted by molar-refractivity contribution is 0.0522. The zero-order chi connectivity index (χ0) is 16.2. The highest BCUT2D eigenvalue weighted by Gasteiger charge is 2.18. The molecule has 1 rings (SSSR count). The third-order valence-electron chi connectivity index (χ3n) is 2.33. The first kappa shape index (κ1) is 17.6. The highest BCUT2D eigenvalue weighted by molar-refractivity contribution is 6.39. The van der Waals surface area contributed by atoms with Gasteiger partial charge in [0.2, 0.25) is 0 Å². The summed E-state index contributed by atoms with van der Waals surface area (Å²) in [6.45, 7) is 5.48. The molecule has 0 fully saturated rings. The molecule has 1 N–H and O–H groups in total. The van der Waals surface area contributed by atoms with Crippen LogP contribution in [0, 0.1) is 0 Å². The SMILES string of the molecule is COC(=O)c1c(Cl)cc(CNC(=O)OC(C)(C)C)cc1Cl. The molecule has 0 radical (unpaired) electrons. The van der Waals surface area contributed by atoms with Crippen molar-refractivity contribution in [1.29, 1.82) is 0 Å². The van der Waals surface area contributed by atoms with E-state index >= 15 is 0 Å². The summed E-state index contributed by atoms with van der Waals surface area (Å²) < 4.78 is 9.70. The normalized spacial score (nSPS) is 11.0. The van der Waals surface area contributed by atoms with Crippen LogP contribution in [0.1, 0.15) is 36.7 Å². The topological polar surface area (TPSA) is 64.6 Å². The Labute approximate surface area is 133 Å². The van der Waals surface area contributed by atoms with Crippen LogP contribution in [0.3, 0.4) is 0 Å². The Morgan fingerprint density at radius 1 is 1.19 bits per heavy atom. The van der Waals surface area contributed by atoms with Gasteiger partial charge in [0, 0.05) is 6.54 Å². The molecule has 1 aromatic carbocycles. The number of esters is 1. The van der Waals surface area contributed by atoms with Crippen molar-refractivity contribution in [3.63, 3.8) is 0 Å². The summed E-state index contributed by atoms with van der Waals surface area (Å²) in [5.74, 6) is -0.614. The van der Waals surface area contributed by atoms with E-state index in [2.05, 4.69) is 10.1 Å². The number of carbonyl (C=O) groups excluding carboxylic acids is 2. The van der Waals surface area contributed by atoms with Crippen LogP contribution in [0.5, 0.6) is 0 Å². The van der Waals surface area contributed by atoms with Gasteiger partial charge in [-0.3, -0.25) is 0 Å². The van der Waals surface area contributed by atoms with Gasteiger partial charge in [0.1, 0.15) is 5.60 Å². The standard InChI is InChI=1S/C14H17Cl2NO4/c1-14(2,3)21-13(19)17-7-8-5-9(15)11(10(16)6-8)12(18)20-4/h5-6H,7H2,1-4H3,(H,17,19). The van der Waals surface area contributed by atoms with Crippen molar-refractivity contribution in [2.75, 3.05) is 7.11 Å². The quantitative estimate of drug-likeness (QED) is 0.854. The molecule has 0 atom stereocenters. The van der Waals surface area contributed by atoms with Gasteiger partial charge in [-0.25, -0.2) is 9.59 Å². The maximum atomic E-state index is 11.5. The molecule has 0 bridgehead atoms. The predicted octanol–water partition coefficient (Wildman–Crippen LogP) is 3.80. The summed E-state index contributed by atoms with van der Waals surface area (Å²) in [4.78, 5) is 23.1. The first-order valence-corrected chi connectivity index (χ1v) is 6.92. The van der Waals surface area contributed by atoms with Crippen LogP contribution in [0.2, 0.25) is 10.0 Å². The number of nitrogens with one attached hydrogen (secondary N) is 1. The second-order valence-corrected chi connectivity index (χ2v) is 6.10. The number of halogens is 2. The van der Waals surface area contributed by atoms with Crippen LogP contribution < -0.4 is 5.32 Å². The van der Waals surface area contributed by atoms with E-state index in [-0.39, 0.29) is 22.2 Å². The average Bonchev–Trinajstić information content (AvgIpc) is 2.33. The summed E-state index contributed by atoms with van der Waals surface area (Å²) in [5.41, 5.74) is 0.166. The second kappa shape index (κ2) is 7.00. The highest BCUT2D eigenvalue weighted by Crippen LogP contribution is 2.27. The number of benzene rings is 1. The van der Waals surface area contributed by atoms with Crippen molar-refractivity contribution in [3.05, 3.63) is 33.3 Å². The Morgan fingerprint density at radius 3 is 2.14 bits per heavy atom. The molecule has 1 aromatic rings. The molecule has 21 heavy (non-hydrogen) atoms. The van der Waals surface area contributed by atoms with Gasteiger partial charge >= 0.3 is 12.1 Å². The summed E-state index contributed by atoms with van der Waals surface area (Å²) in [6.07, 6.45) is -0.549. The Kier molecular flexibility index (Phi) is 5.87. The van der Waals surface area contributed by atoms with Crippen molar-refractivity contribution in [1.82, 2.24) is 5.32 Å². The number of hydrogen-bond acceptors (Lipinski definition) is 4. The Hall–Kier alpha value is -1.46.